The van der Waals surface area contributed by atoms with Crippen LogP contribution in [0.2, 0.25) is 0 Å². The molecule has 0 aliphatic carbocycles. The van der Waals surface area contributed by atoms with Crippen molar-refractivity contribution in [1.29, 1.82) is 0 Å². The fourth-order valence-corrected chi connectivity index (χ4v) is 2.25. The van der Waals surface area contributed by atoms with Gasteiger partial charge >= 0.3 is 5.97 Å². The van der Waals surface area contributed by atoms with E-state index >= 15 is 0 Å². The third kappa shape index (κ3) is 16.9. The molecule has 0 spiro atoms. The van der Waals surface area contributed by atoms with E-state index in [1.54, 1.807) is 12.2 Å². The number of unbranched alkanes of at least 4 members (excludes halogenated alkanes) is 7. The third-order valence-electron chi connectivity index (χ3n) is 3.54. The Bertz CT molecular complexity index is 295. The van der Waals surface area contributed by atoms with Crippen LogP contribution in [-0.2, 0) is 4.79 Å². The number of carboxylic acid groups (broad SMARTS) is 1. The molecule has 0 bridgehead atoms. The number of carbonyl (C=O) groups is 1. The Morgan fingerprint density at radius 3 is 2.24 bits per heavy atom. The first-order chi connectivity index (χ1) is 10.2. The van der Waals surface area contributed by atoms with E-state index < -0.39 is 5.97 Å². The van der Waals surface area contributed by atoms with Crippen molar-refractivity contribution in [3.63, 3.8) is 0 Å². The molecule has 0 heterocycles. The van der Waals surface area contributed by atoms with Crippen molar-refractivity contribution in [3.05, 3.63) is 24.3 Å². The second-order valence-corrected chi connectivity index (χ2v) is 5.62. The molecule has 0 aliphatic rings. The molecule has 0 aliphatic heterocycles. The molecule has 122 valence electrons. The molecule has 0 aromatic heterocycles. The van der Waals surface area contributed by atoms with E-state index in [4.69, 9.17) is 5.11 Å². The Hall–Kier alpha value is -1.09. The summed E-state index contributed by atoms with van der Waals surface area (Å²) in [5.74, 6) is -0.903. The maximum atomic E-state index is 10.2. The highest BCUT2D eigenvalue weighted by molar-refractivity contribution is 5.80. The highest BCUT2D eigenvalue weighted by Gasteiger charge is 2.02. The van der Waals surface area contributed by atoms with Crippen LogP contribution in [-0.4, -0.2) is 22.3 Å². The lowest BCUT2D eigenvalue weighted by Gasteiger charge is -2.09. The Morgan fingerprint density at radius 1 is 0.952 bits per heavy atom. The predicted molar refractivity (Wildman–Crippen MR) is 88.4 cm³/mol. The topological polar surface area (TPSA) is 57.5 Å². The number of rotatable bonds is 14. The summed E-state index contributed by atoms with van der Waals surface area (Å²) in [7, 11) is 0. The molecular weight excluding hydrogens is 264 g/mol. The van der Waals surface area contributed by atoms with Gasteiger partial charge in [0.25, 0.3) is 0 Å². The van der Waals surface area contributed by atoms with Crippen molar-refractivity contribution in [2.75, 3.05) is 0 Å². The fraction of sp³-hybridized carbons (Fsp3) is 0.722. The lowest BCUT2D eigenvalue weighted by Crippen LogP contribution is -2.05. The van der Waals surface area contributed by atoms with Crippen LogP contribution < -0.4 is 0 Å². The monoisotopic (exact) mass is 296 g/mol. The van der Waals surface area contributed by atoms with Gasteiger partial charge in [0.1, 0.15) is 0 Å². The van der Waals surface area contributed by atoms with Gasteiger partial charge in [0, 0.05) is 6.08 Å². The number of aliphatic hydroxyl groups is 1. The first-order valence-corrected chi connectivity index (χ1v) is 8.41. The second kappa shape index (κ2) is 15.3. The van der Waals surface area contributed by atoms with Gasteiger partial charge in [0.15, 0.2) is 0 Å². The van der Waals surface area contributed by atoms with Gasteiger partial charge in [-0.25, -0.2) is 4.79 Å². The molecule has 0 saturated heterocycles. The van der Waals surface area contributed by atoms with Gasteiger partial charge in [-0.1, -0.05) is 70.1 Å². The summed E-state index contributed by atoms with van der Waals surface area (Å²) in [5.41, 5.74) is 0. The van der Waals surface area contributed by atoms with Crippen LogP contribution in [0.1, 0.15) is 77.6 Å². The third-order valence-corrected chi connectivity index (χ3v) is 3.54. The van der Waals surface area contributed by atoms with Crippen LogP contribution >= 0.6 is 0 Å². The van der Waals surface area contributed by atoms with Crippen LogP contribution in [0.5, 0.6) is 0 Å². The van der Waals surface area contributed by atoms with E-state index in [1.165, 1.54) is 25.7 Å². The van der Waals surface area contributed by atoms with E-state index in [0.717, 1.165) is 51.0 Å². The minimum absolute atomic E-state index is 0.0889. The summed E-state index contributed by atoms with van der Waals surface area (Å²) in [5, 5.41) is 18.1. The molecule has 21 heavy (non-hydrogen) atoms. The number of aliphatic hydroxyl groups excluding tert-OH is 1. The van der Waals surface area contributed by atoms with Crippen LogP contribution in [0.4, 0.5) is 0 Å². The zero-order chi connectivity index (χ0) is 15.8. The smallest absolute Gasteiger partial charge is 0.328 e. The number of aliphatic carboxylic acids is 1. The van der Waals surface area contributed by atoms with Crippen LogP contribution in [0.15, 0.2) is 24.3 Å². The summed E-state index contributed by atoms with van der Waals surface area (Å²) >= 11 is 0. The molecule has 3 nitrogen and oxygen atoms in total. The maximum absolute atomic E-state index is 10.2. The van der Waals surface area contributed by atoms with Crippen LogP contribution in [0.25, 0.3) is 0 Å². The van der Waals surface area contributed by atoms with Crippen molar-refractivity contribution in [1.82, 2.24) is 0 Å². The van der Waals surface area contributed by atoms with Crippen LogP contribution in [0, 0.1) is 0 Å². The maximum Gasteiger partial charge on any atom is 0.328 e. The molecule has 3 heteroatoms. The fourth-order valence-electron chi connectivity index (χ4n) is 2.25. The van der Waals surface area contributed by atoms with Gasteiger partial charge in [-0.2, -0.15) is 0 Å². The van der Waals surface area contributed by atoms with E-state index in [1.807, 2.05) is 6.08 Å². The molecule has 1 atom stereocenters. The minimum atomic E-state index is -0.903. The molecule has 0 amide bonds. The quantitative estimate of drug-likeness (QED) is 0.273. The molecule has 0 fully saturated rings. The van der Waals surface area contributed by atoms with E-state index in [9.17, 15) is 9.90 Å². The molecule has 0 saturated carbocycles. The van der Waals surface area contributed by atoms with Crippen molar-refractivity contribution in [3.8, 4) is 0 Å². The molecule has 0 rings (SSSR count). The molecule has 0 aromatic carbocycles. The van der Waals surface area contributed by atoms with Gasteiger partial charge < -0.3 is 10.2 Å². The highest BCUT2D eigenvalue weighted by Crippen LogP contribution is 2.12. The normalized spacial score (nSPS) is 13.2. The molecule has 0 aromatic rings. The number of hydrogen-bond acceptors (Lipinski definition) is 2. The van der Waals surface area contributed by atoms with Crippen molar-refractivity contribution in [2.45, 2.75) is 83.7 Å². The van der Waals surface area contributed by atoms with Gasteiger partial charge in [0.05, 0.1) is 6.10 Å². The molecule has 1 unspecified atom stereocenters. The average molecular weight is 296 g/mol. The second-order valence-electron chi connectivity index (χ2n) is 5.62. The van der Waals surface area contributed by atoms with E-state index in [-0.39, 0.29) is 6.10 Å². The van der Waals surface area contributed by atoms with E-state index in [0.29, 0.717) is 0 Å². The lowest BCUT2D eigenvalue weighted by atomic mass is 10.0. The Kier molecular flexibility index (Phi) is 14.5. The van der Waals surface area contributed by atoms with E-state index in [2.05, 4.69) is 6.92 Å². The summed E-state index contributed by atoms with van der Waals surface area (Å²) in [4.78, 5) is 10.2. The number of allylic oxidation sites excluding steroid dienone is 3. The van der Waals surface area contributed by atoms with Gasteiger partial charge in [-0.3, -0.25) is 0 Å². The summed E-state index contributed by atoms with van der Waals surface area (Å²) in [6.07, 6.45) is 18.9. The van der Waals surface area contributed by atoms with Crippen molar-refractivity contribution >= 4 is 5.97 Å². The number of hydrogen-bond donors (Lipinski definition) is 2. The first-order valence-electron chi connectivity index (χ1n) is 8.41. The molecular formula is C18H32O3. The summed E-state index contributed by atoms with van der Waals surface area (Å²) < 4.78 is 0. The van der Waals surface area contributed by atoms with Gasteiger partial charge in [-0.15, -0.1) is 0 Å². The van der Waals surface area contributed by atoms with Crippen molar-refractivity contribution < 1.29 is 15.0 Å². The SMILES string of the molecule is CCCCC(O)CCCCCCCCC=CC=CC(=O)O. The molecule has 2 N–H and O–H groups in total. The zero-order valence-electron chi connectivity index (χ0n) is 13.5. The average Bonchev–Trinajstić information content (AvgIpc) is 2.45. The predicted octanol–water partition coefficient (Wildman–Crippen LogP) is 4.86. The Labute approximate surface area is 129 Å². The first kappa shape index (κ1) is 19.9. The summed E-state index contributed by atoms with van der Waals surface area (Å²) in [6.45, 7) is 2.16. The van der Waals surface area contributed by atoms with Crippen molar-refractivity contribution in [2.24, 2.45) is 0 Å². The van der Waals surface area contributed by atoms with Gasteiger partial charge in [-0.05, 0) is 25.7 Å². The standard InChI is InChI=1S/C18H32O3/c1-2-3-14-17(19)15-12-10-8-6-4-5-7-9-11-13-16-18(20)21/h9,11,13,16-17,19H,2-8,10,12,14-15H2,1H3,(H,20,21). The lowest BCUT2D eigenvalue weighted by molar-refractivity contribution is -0.131. The summed E-state index contributed by atoms with van der Waals surface area (Å²) in [6, 6.07) is 0. The highest BCUT2D eigenvalue weighted by atomic mass is 16.4. The molecule has 0 radical (unpaired) electrons. The van der Waals surface area contributed by atoms with Gasteiger partial charge in [0.2, 0.25) is 0 Å². The Balaban J connectivity index is 3.24. The zero-order valence-corrected chi connectivity index (χ0v) is 13.5. The number of carboxylic acids is 1. The minimum Gasteiger partial charge on any atom is -0.478 e. The largest absolute Gasteiger partial charge is 0.478 e. The Morgan fingerprint density at radius 2 is 1.57 bits per heavy atom. The van der Waals surface area contributed by atoms with Crippen LogP contribution in [0.3, 0.4) is 0 Å².